The summed E-state index contributed by atoms with van der Waals surface area (Å²) in [5, 5.41) is 7.41. The lowest BCUT2D eigenvalue weighted by Gasteiger charge is -2.08. The van der Waals surface area contributed by atoms with Gasteiger partial charge in [0.25, 0.3) is 5.91 Å². The number of anilines is 1. The zero-order valence-electron chi connectivity index (χ0n) is 14.8. The van der Waals surface area contributed by atoms with Gasteiger partial charge in [0.1, 0.15) is 5.00 Å². The molecule has 0 radical (unpaired) electrons. The second-order valence-corrected chi connectivity index (χ2v) is 8.58. The molecule has 24 heavy (non-hydrogen) atoms. The van der Waals surface area contributed by atoms with Gasteiger partial charge in [-0.15, -0.1) is 11.3 Å². The van der Waals surface area contributed by atoms with Crippen molar-refractivity contribution in [1.82, 2.24) is 5.32 Å². The molecule has 2 aromatic rings. The lowest BCUT2D eigenvalue weighted by Crippen LogP contribution is -2.25. The number of hydrogen-bond acceptors (Lipinski definition) is 3. The number of rotatable bonds is 4. The Morgan fingerprint density at radius 1 is 1.12 bits per heavy atom. The van der Waals surface area contributed by atoms with Gasteiger partial charge in [-0.3, -0.25) is 9.59 Å². The van der Waals surface area contributed by atoms with E-state index in [0.29, 0.717) is 17.1 Å². The number of amides is 2. The Labute approximate surface area is 146 Å². The number of carbonyl (C=O) groups excluding carboxylic acids is 2. The molecule has 1 aliphatic carbocycles. The molecule has 2 amide bonds. The van der Waals surface area contributed by atoms with Crippen molar-refractivity contribution in [3.63, 3.8) is 0 Å². The minimum Gasteiger partial charge on any atom is -0.352 e. The lowest BCUT2D eigenvalue weighted by atomic mass is 10.0. The van der Waals surface area contributed by atoms with Crippen LogP contribution in [-0.4, -0.2) is 18.4 Å². The predicted octanol–water partition coefficient (Wildman–Crippen LogP) is 4.27. The number of nitrogens with one attached hydrogen (secondary N) is 2. The van der Waals surface area contributed by atoms with Crippen molar-refractivity contribution in [3.05, 3.63) is 29.8 Å². The van der Waals surface area contributed by atoms with Gasteiger partial charge < -0.3 is 10.6 Å². The molecule has 1 aromatic carbocycles. The molecule has 0 spiro atoms. The van der Waals surface area contributed by atoms with Gasteiger partial charge in [-0.05, 0) is 23.8 Å². The third-order valence-corrected chi connectivity index (χ3v) is 6.77. The maximum atomic E-state index is 12.8. The Bertz CT molecular complexity index is 806. The van der Waals surface area contributed by atoms with Gasteiger partial charge in [0, 0.05) is 22.5 Å². The van der Waals surface area contributed by atoms with Crippen LogP contribution in [0.25, 0.3) is 10.1 Å². The Kier molecular flexibility index (Phi) is 3.95. The third kappa shape index (κ3) is 2.42. The highest BCUT2D eigenvalue weighted by Gasteiger charge is 2.68. The predicted molar refractivity (Wildman–Crippen MR) is 99.5 cm³/mol. The summed E-state index contributed by atoms with van der Waals surface area (Å²) < 4.78 is 1.00. The molecule has 128 valence electrons. The normalized spacial score (nSPS) is 18.4. The second-order valence-electron chi connectivity index (χ2n) is 7.53. The Morgan fingerprint density at radius 2 is 1.75 bits per heavy atom. The quantitative estimate of drug-likeness (QED) is 0.870. The monoisotopic (exact) mass is 344 g/mol. The SMILES string of the molecule is CCNC(=O)c1c(NC(=O)C2C(C)(C)C2(C)C)sc2ccccc12. The minimum absolute atomic E-state index is 0.00195. The van der Waals surface area contributed by atoms with Crippen LogP contribution in [0, 0.1) is 16.7 Å². The minimum atomic E-state index is -0.139. The van der Waals surface area contributed by atoms with E-state index < -0.39 is 0 Å². The topological polar surface area (TPSA) is 58.2 Å². The van der Waals surface area contributed by atoms with Gasteiger partial charge in [0.05, 0.1) is 5.56 Å². The third-order valence-electron chi connectivity index (χ3n) is 5.68. The van der Waals surface area contributed by atoms with Gasteiger partial charge in [0.15, 0.2) is 0 Å². The van der Waals surface area contributed by atoms with Crippen molar-refractivity contribution in [1.29, 1.82) is 0 Å². The summed E-state index contributed by atoms with van der Waals surface area (Å²) in [7, 11) is 0. The first-order chi connectivity index (χ1) is 11.2. The van der Waals surface area contributed by atoms with E-state index >= 15 is 0 Å². The van der Waals surface area contributed by atoms with Crippen LogP contribution in [0.3, 0.4) is 0 Å². The van der Waals surface area contributed by atoms with Crippen LogP contribution in [0.15, 0.2) is 24.3 Å². The average Bonchev–Trinajstić information content (AvgIpc) is 2.78. The molecule has 5 heteroatoms. The standard InChI is InChI=1S/C19H24N2O2S/c1-6-20-15(22)13-11-9-7-8-10-12(11)24-17(13)21-16(23)14-18(2,3)19(14,4)5/h7-10,14H,6H2,1-5H3,(H,20,22)(H,21,23). The van der Waals surface area contributed by atoms with Crippen LogP contribution in [0.2, 0.25) is 0 Å². The fraction of sp³-hybridized carbons (Fsp3) is 0.474. The van der Waals surface area contributed by atoms with Gasteiger partial charge in [0.2, 0.25) is 5.91 Å². The summed E-state index contributed by atoms with van der Waals surface area (Å²) in [5.74, 6) is -0.182. The van der Waals surface area contributed by atoms with E-state index in [-0.39, 0.29) is 28.6 Å². The van der Waals surface area contributed by atoms with Crippen LogP contribution in [-0.2, 0) is 4.79 Å². The Balaban J connectivity index is 1.96. The van der Waals surface area contributed by atoms with Crippen molar-refractivity contribution in [2.45, 2.75) is 34.6 Å². The van der Waals surface area contributed by atoms with Crippen molar-refractivity contribution in [2.75, 3.05) is 11.9 Å². The van der Waals surface area contributed by atoms with E-state index in [1.54, 1.807) is 0 Å². The molecule has 0 saturated heterocycles. The molecule has 1 aromatic heterocycles. The number of benzene rings is 1. The molecule has 1 heterocycles. The van der Waals surface area contributed by atoms with E-state index in [1.807, 2.05) is 31.2 Å². The molecule has 2 N–H and O–H groups in total. The Hall–Kier alpha value is -1.88. The van der Waals surface area contributed by atoms with E-state index in [0.717, 1.165) is 10.1 Å². The van der Waals surface area contributed by atoms with Crippen molar-refractivity contribution < 1.29 is 9.59 Å². The molecule has 1 fully saturated rings. The molecule has 4 nitrogen and oxygen atoms in total. The highest BCUT2D eigenvalue weighted by Crippen LogP contribution is 2.68. The highest BCUT2D eigenvalue weighted by atomic mass is 32.1. The van der Waals surface area contributed by atoms with E-state index in [1.165, 1.54) is 11.3 Å². The summed E-state index contributed by atoms with van der Waals surface area (Å²) in [6.45, 7) is 10.9. The number of hydrogen-bond donors (Lipinski definition) is 2. The van der Waals surface area contributed by atoms with E-state index in [2.05, 4.69) is 38.3 Å². The van der Waals surface area contributed by atoms with Crippen molar-refractivity contribution >= 4 is 38.2 Å². The zero-order valence-corrected chi connectivity index (χ0v) is 15.6. The first-order valence-corrected chi connectivity index (χ1v) is 9.14. The van der Waals surface area contributed by atoms with Gasteiger partial charge >= 0.3 is 0 Å². The molecule has 0 bridgehead atoms. The molecule has 3 rings (SSSR count). The largest absolute Gasteiger partial charge is 0.352 e. The van der Waals surface area contributed by atoms with Gasteiger partial charge in [-0.2, -0.15) is 0 Å². The van der Waals surface area contributed by atoms with E-state index in [4.69, 9.17) is 0 Å². The zero-order chi connectivity index (χ0) is 17.7. The number of fused-ring (bicyclic) bond motifs is 1. The second kappa shape index (κ2) is 5.59. The molecular weight excluding hydrogens is 320 g/mol. The lowest BCUT2D eigenvalue weighted by molar-refractivity contribution is -0.118. The summed E-state index contributed by atoms with van der Waals surface area (Å²) in [4.78, 5) is 25.3. The number of carbonyl (C=O) groups is 2. The van der Waals surface area contributed by atoms with Crippen LogP contribution in [0.4, 0.5) is 5.00 Å². The molecule has 1 aliphatic rings. The number of thiophene rings is 1. The maximum absolute atomic E-state index is 12.8. The van der Waals surface area contributed by atoms with Gasteiger partial charge in [-0.25, -0.2) is 0 Å². The first kappa shape index (κ1) is 17.0. The van der Waals surface area contributed by atoms with Gasteiger partial charge in [-0.1, -0.05) is 45.9 Å². The van der Waals surface area contributed by atoms with Crippen LogP contribution in [0.1, 0.15) is 45.0 Å². The van der Waals surface area contributed by atoms with Crippen LogP contribution < -0.4 is 10.6 Å². The molecule has 0 unspecified atom stereocenters. The summed E-state index contributed by atoms with van der Waals surface area (Å²) in [5.41, 5.74) is 0.515. The summed E-state index contributed by atoms with van der Waals surface area (Å²) in [6.07, 6.45) is 0. The Morgan fingerprint density at radius 3 is 2.33 bits per heavy atom. The summed E-state index contributed by atoms with van der Waals surface area (Å²) in [6, 6.07) is 7.76. The molecule has 0 aliphatic heterocycles. The fourth-order valence-electron chi connectivity index (χ4n) is 3.64. The molecule has 0 atom stereocenters. The maximum Gasteiger partial charge on any atom is 0.254 e. The van der Waals surface area contributed by atoms with Crippen molar-refractivity contribution in [2.24, 2.45) is 16.7 Å². The molecule has 1 saturated carbocycles. The van der Waals surface area contributed by atoms with E-state index in [9.17, 15) is 9.59 Å². The summed E-state index contributed by atoms with van der Waals surface area (Å²) >= 11 is 1.46. The average molecular weight is 344 g/mol. The van der Waals surface area contributed by atoms with Crippen molar-refractivity contribution in [3.8, 4) is 0 Å². The highest BCUT2D eigenvalue weighted by molar-refractivity contribution is 7.23. The molecular formula is C19H24N2O2S. The smallest absolute Gasteiger partial charge is 0.254 e. The van der Waals surface area contributed by atoms with Crippen LogP contribution >= 0.6 is 11.3 Å². The fourth-order valence-corrected chi connectivity index (χ4v) is 4.75. The van der Waals surface area contributed by atoms with Crippen LogP contribution in [0.5, 0.6) is 0 Å². The first-order valence-electron chi connectivity index (χ1n) is 8.32.